The monoisotopic (exact) mass is 345 g/mol. The summed E-state index contributed by atoms with van der Waals surface area (Å²) in [6.45, 7) is 0.610. The summed E-state index contributed by atoms with van der Waals surface area (Å²) in [5, 5.41) is 12.0. The van der Waals surface area contributed by atoms with Crippen molar-refractivity contribution in [3.63, 3.8) is 0 Å². The molecule has 0 unspecified atom stereocenters. The number of halogens is 2. The first kappa shape index (κ1) is 13.4. The van der Waals surface area contributed by atoms with Crippen LogP contribution in [0.4, 0.5) is 5.69 Å². The van der Waals surface area contributed by atoms with Crippen LogP contribution in [0.1, 0.15) is 15.2 Å². The molecule has 1 aromatic heterocycles. The molecule has 18 heavy (non-hydrogen) atoms. The second-order valence-corrected chi connectivity index (χ2v) is 6.17. The Morgan fingerprint density at radius 3 is 2.83 bits per heavy atom. The van der Waals surface area contributed by atoms with Crippen LogP contribution in [0.15, 0.2) is 34.8 Å². The second-order valence-electron chi connectivity index (χ2n) is 3.57. The van der Waals surface area contributed by atoms with Crippen molar-refractivity contribution in [3.8, 4) is 0 Å². The Labute approximate surface area is 122 Å². The van der Waals surface area contributed by atoms with Crippen molar-refractivity contribution >= 4 is 50.5 Å². The Morgan fingerprint density at radius 2 is 2.22 bits per heavy atom. The number of thiophene rings is 1. The number of hydrogen-bond donors (Lipinski definition) is 2. The van der Waals surface area contributed by atoms with E-state index < -0.39 is 5.97 Å². The minimum atomic E-state index is -0.930. The van der Waals surface area contributed by atoms with Gasteiger partial charge in [0.1, 0.15) is 4.34 Å². The number of nitrogens with one attached hydrogen (secondary N) is 1. The van der Waals surface area contributed by atoms with Crippen LogP contribution >= 0.6 is 38.9 Å². The maximum Gasteiger partial charge on any atom is 0.335 e. The van der Waals surface area contributed by atoms with Gasteiger partial charge in [-0.05, 0) is 40.2 Å². The second kappa shape index (κ2) is 5.73. The average molecular weight is 347 g/mol. The van der Waals surface area contributed by atoms with Crippen molar-refractivity contribution in [1.82, 2.24) is 0 Å². The number of anilines is 1. The molecule has 2 rings (SSSR count). The van der Waals surface area contributed by atoms with Gasteiger partial charge in [-0.25, -0.2) is 4.79 Å². The number of hydrogen-bond acceptors (Lipinski definition) is 3. The van der Waals surface area contributed by atoms with Crippen LogP contribution in [-0.2, 0) is 6.54 Å². The van der Waals surface area contributed by atoms with Gasteiger partial charge in [-0.2, -0.15) is 0 Å². The van der Waals surface area contributed by atoms with Crippen LogP contribution in [-0.4, -0.2) is 11.1 Å². The standard InChI is InChI=1S/C12H9BrClNO2S/c13-10-5-9(18-11(10)14)6-15-8-3-1-2-7(4-8)12(16)17/h1-5,15H,6H2,(H,16,17). The quantitative estimate of drug-likeness (QED) is 0.858. The molecule has 0 fully saturated rings. The van der Waals surface area contributed by atoms with Crippen LogP contribution in [0.25, 0.3) is 0 Å². The summed E-state index contributed by atoms with van der Waals surface area (Å²) in [5.41, 5.74) is 1.04. The molecule has 0 aliphatic rings. The number of carboxylic acids is 1. The molecule has 0 saturated heterocycles. The van der Waals surface area contributed by atoms with Gasteiger partial charge in [-0.15, -0.1) is 11.3 Å². The summed E-state index contributed by atoms with van der Waals surface area (Å²) >= 11 is 10.8. The molecular weight excluding hydrogens is 338 g/mol. The van der Waals surface area contributed by atoms with Gasteiger partial charge in [0.15, 0.2) is 0 Å². The Balaban J connectivity index is 2.06. The van der Waals surface area contributed by atoms with Gasteiger partial charge in [0.2, 0.25) is 0 Å². The summed E-state index contributed by atoms with van der Waals surface area (Å²) < 4.78 is 1.59. The number of carboxylic acid groups (broad SMARTS) is 1. The molecule has 94 valence electrons. The maximum atomic E-state index is 10.8. The molecule has 0 saturated carbocycles. The summed E-state index contributed by atoms with van der Waals surface area (Å²) in [6.07, 6.45) is 0. The van der Waals surface area contributed by atoms with Crippen LogP contribution in [0, 0.1) is 0 Å². The fourth-order valence-electron chi connectivity index (χ4n) is 1.43. The molecule has 1 heterocycles. The van der Waals surface area contributed by atoms with E-state index in [0.717, 1.165) is 15.0 Å². The van der Waals surface area contributed by atoms with Crippen molar-refractivity contribution in [2.75, 3.05) is 5.32 Å². The average Bonchev–Trinajstić information content (AvgIpc) is 2.67. The van der Waals surface area contributed by atoms with Gasteiger partial charge in [0.05, 0.1) is 5.56 Å². The van der Waals surface area contributed by atoms with E-state index in [1.165, 1.54) is 11.3 Å². The Hall–Kier alpha value is -1.04. The van der Waals surface area contributed by atoms with Crippen molar-refractivity contribution in [3.05, 3.63) is 49.6 Å². The summed E-state index contributed by atoms with van der Waals surface area (Å²) in [6, 6.07) is 8.65. The lowest BCUT2D eigenvalue weighted by molar-refractivity contribution is 0.0697. The van der Waals surface area contributed by atoms with Crippen molar-refractivity contribution in [2.24, 2.45) is 0 Å². The molecule has 0 spiro atoms. The predicted molar refractivity (Wildman–Crippen MR) is 77.8 cm³/mol. The summed E-state index contributed by atoms with van der Waals surface area (Å²) in [5.74, 6) is -0.930. The predicted octanol–water partition coefficient (Wildman–Crippen LogP) is 4.47. The van der Waals surface area contributed by atoms with E-state index in [9.17, 15) is 4.79 Å². The smallest absolute Gasteiger partial charge is 0.335 e. The lowest BCUT2D eigenvalue weighted by atomic mass is 10.2. The highest BCUT2D eigenvalue weighted by Gasteiger charge is 2.06. The molecule has 0 aliphatic carbocycles. The minimum Gasteiger partial charge on any atom is -0.478 e. The van der Waals surface area contributed by atoms with Crippen LogP contribution in [0.2, 0.25) is 4.34 Å². The van der Waals surface area contributed by atoms with Crippen molar-refractivity contribution in [2.45, 2.75) is 6.54 Å². The highest BCUT2D eigenvalue weighted by molar-refractivity contribution is 9.10. The van der Waals surface area contributed by atoms with Gasteiger partial charge in [-0.3, -0.25) is 0 Å². The van der Waals surface area contributed by atoms with Crippen molar-refractivity contribution in [1.29, 1.82) is 0 Å². The third-order valence-corrected chi connectivity index (χ3v) is 4.75. The zero-order chi connectivity index (χ0) is 13.1. The van der Waals surface area contributed by atoms with Gasteiger partial charge in [0.25, 0.3) is 0 Å². The van der Waals surface area contributed by atoms with Gasteiger partial charge >= 0.3 is 5.97 Å². The van der Waals surface area contributed by atoms with E-state index in [2.05, 4.69) is 21.2 Å². The molecule has 0 amide bonds. The van der Waals surface area contributed by atoms with Gasteiger partial charge in [0, 0.05) is 21.6 Å². The van der Waals surface area contributed by atoms with E-state index in [4.69, 9.17) is 16.7 Å². The molecule has 0 radical (unpaired) electrons. The van der Waals surface area contributed by atoms with Gasteiger partial charge in [-0.1, -0.05) is 17.7 Å². The maximum absolute atomic E-state index is 10.8. The van der Waals surface area contributed by atoms with E-state index in [0.29, 0.717) is 10.9 Å². The Morgan fingerprint density at radius 1 is 1.44 bits per heavy atom. The minimum absolute atomic E-state index is 0.269. The van der Waals surface area contributed by atoms with Gasteiger partial charge < -0.3 is 10.4 Å². The van der Waals surface area contributed by atoms with Crippen LogP contribution in [0.5, 0.6) is 0 Å². The van der Waals surface area contributed by atoms with E-state index in [-0.39, 0.29) is 5.56 Å². The largest absolute Gasteiger partial charge is 0.478 e. The zero-order valence-electron chi connectivity index (χ0n) is 9.11. The lowest BCUT2D eigenvalue weighted by Crippen LogP contribution is -2.00. The first-order chi connectivity index (χ1) is 8.56. The van der Waals surface area contributed by atoms with Crippen molar-refractivity contribution < 1.29 is 9.90 Å². The molecule has 2 N–H and O–H groups in total. The lowest BCUT2D eigenvalue weighted by Gasteiger charge is -2.05. The first-order valence-corrected chi connectivity index (χ1v) is 7.06. The summed E-state index contributed by atoms with van der Waals surface area (Å²) in [7, 11) is 0. The topological polar surface area (TPSA) is 49.3 Å². The molecule has 6 heteroatoms. The van der Waals surface area contributed by atoms with Crippen LogP contribution < -0.4 is 5.32 Å². The SMILES string of the molecule is O=C(O)c1cccc(NCc2cc(Br)c(Cl)s2)c1. The molecule has 0 atom stereocenters. The fourth-order valence-corrected chi connectivity index (χ4v) is 3.16. The third kappa shape index (κ3) is 3.25. The van der Waals surface area contributed by atoms with E-state index in [1.807, 2.05) is 12.1 Å². The highest BCUT2D eigenvalue weighted by atomic mass is 79.9. The summed E-state index contributed by atoms with van der Waals surface area (Å²) in [4.78, 5) is 11.9. The normalized spacial score (nSPS) is 10.3. The first-order valence-electron chi connectivity index (χ1n) is 5.07. The number of aromatic carboxylic acids is 1. The van der Waals surface area contributed by atoms with Crippen LogP contribution in [0.3, 0.4) is 0 Å². The molecule has 1 aromatic carbocycles. The molecule has 0 aliphatic heterocycles. The molecule has 0 bridgehead atoms. The highest BCUT2D eigenvalue weighted by Crippen LogP contribution is 2.32. The van der Waals surface area contributed by atoms with E-state index >= 15 is 0 Å². The molecule has 3 nitrogen and oxygen atoms in total. The Bertz CT molecular complexity index is 566. The molecular formula is C12H9BrClNO2S. The Kier molecular flexibility index (Phi) is 4.27. The molecule has 2 aromatic rings. The number of rotatable bonds is 4. The number of carbonyl (C=O) groups is 1. The van der Waals surface area contributed by atoms with E-state index in [1.54, 1.807) is 18.2 Å². The zero-order valence-corrected chi connectivity index (χ0v) is 12.3. The number of benzene rings is 1. The third-order valence-electron chi connectivity index (χ3n) is 2.27. The fraction of sp³-hybridized carbons (Fsp3) is 0.0833.